The Morgan fingerprint density at radius 3 is 2.17 bits per heavy atom. The predicted molar refractivity (Wildman–Crippen MR) is 86.8 cm³/mol. The molecule has 0 fully saturated rings. The van der Waals surface area contributed by atoms with Gasteiger partial charge in [-0.15, -0.1) is 0 Å². The summed E-state index contributed by atoms with van der Waals surface area (Å²) in [5, 5.41) is 9.99. The second kappa shape index (κ2) is 6.75. The summed E-state index contributed by atoms with van der Waals surface area (Å²) in [4.78, 5) is 14.4. The average Bonchev–Trinajstić information content (AvgIpc) is 3.22. The first-order chi connectivity index (χ1) is 11.1. The lowest BCUT2D eigenvalue weighted by Gasteiger charge is -2.21. The Morgan fingerprint density at radius 1 is 1.04 bits per heavy atom. The summed E-state index contributed by atoms with van der Waals surface area (Å²) in [6, 6.07) is 11.9. The van der Waals surface area contributed by atoms with Crippen molar-refractivity contribution >= 4 is 21.8 Å². The summed E-state index contributed by atoms with van der Waals surface area (Å²) in [5.74, 6) is 0.928. The summed E-state index contributed by atoms with van der Waals surface area (Å²) in [5.41, 5.74) is 0.220. The number of hydrogen-bond donors (Lipinski definition) is 1. The van der Waals surface area contributed by atoms with Gasteiger partial charge in [-0.05, 0) is 42.5 Å². The molecule has 0 aliphatic carbocycles. The molecule has 1 aromatic carbocycles. The van der Waals surface area contributed by atoms with Gasteiger partial charge in [-0.2, -0.15) is 0 Å². The highest BCUT2D eigenvalue weighted by Crippen LogP contribution is 2.25. The third-order valence-electron chi connectivity index (χ3n) is 3.33. The summed E-state index contributed by atoms with van der Waals surface area (Å²) >= 11 is 3.32. The number of carbonyl (C=O) groups is 1. The Morgan fingerprint density at radius 2 is 1.65 bits per heavy atom. The van der Waals surface area contributed by atoms with Gasteiger partial charge in [0.1, 0.15) is 17.3 Å². The third-order valence-corrected chi connectivity index (χ3v) is 3.82. The molecule has 0 unspecified atom stereocenters. The van der Waals surface area contributed by atoms with E-state index in [0.29, 0.717) is 11.5 Å². The highest BCUT2D eigenvalue weighted by atomic mass is 79.9. The summed E-state index contributed by atoms with van der Waals surface area (Å²) in [6.45, 7) is 0.553. The highest BCUT2D eigenvalue weighted by Gasteiger charge is 2.21. The Bertz CT molecular complexity index is 745. The number of rotatable bonds is 5. The average molecular weight is 376 g/mol. The summed E-state index contributed by atoms with van der Waals surface area (Å²) < 4.78 is 11.4. The van der Waals surface area contributed by atoms with Gasteiger partial charge in [0.25, 0.3) is 5.91 Å². The van der Waals surface area contributed by atoms with Crippen LogP contribution in [-0.4, -0.2) is 15.9 Å². The van der Waals surface area contributed by atoms with Gasteiger partial charge >= 0.3 is 0 Å². The van der Waals surface area contributed by atoms with E-state index >= 15 is 0 Å². The molecule has 0 aliphatic heterocycles. The van der Waals surface area contributed by atoms with Gasteiger partial charge in [0.15, 0.2) is 0 Å². The van der Waals surface area contributed by atoms with Gasteiger partial charge in [-0.3, -0.25) is 4.79 Å². The van der Waals surface area contributed by atoms with E-state index in [1.807, 2.05) is 0 Å². The fraction of sp³-hybridized carbons (Fsp3) is 0.118. The molecule has 0 atom stereocenters. The number of nitrogens with zero attached hydrogens (tertiary/aromatic N) is 1. The highest BCUT2D eigenvalue weighted by molar-refractivity contribution is 9.10. The normalized spacial score (nSPS) is 10.7. The van der Waals surface area contributed by atoms with E-state index in [4.69, 9.17) is 8.83 Å². The molecular formula is C17H14BrNO4. The molecule has 0 radical (unpaired) electrons. The van der Waals surface area contributed by atoms with Gasteiger partial charge < -0.3 is 18.8 Å². The largest absolute Gasteiger partial charge is 0.507 e. The van der Waals surface area contributed by atoms with Crippen LogP contribution >= 0.6 is 15.9 Å². The van der Waals surface area contributed by atoms with Crippen LogP contribution in [0.3, 0.4) is 0 Å². The van der Waals surface area contributed by atoms with Crippen molar-refractivity contribution in [3.8, 4) is 5.75 Å². The van der Waals surface area contributed by atoms with Crippen LogP contribution in [0.4, 0.5) is 0 Å². The first kappa shape index (κ1) is 15.4. The number of halogens is 1. The minimum Gasteiger partial charge on any atom is -0.507 e. The number of hydrogen-bond acceptors (Lipinski definition) is 4. The van der Waals surface area contributed by atoms with Crippen LogP contribution < -0.4 is 0 Å². The van der Waals surface area contributed by atoms with E-state index in [0.717, 1.165) is 4.47 Å². The lowest BCUT2D eigenvalue weighted by atomic mass is 10.1. The maximum absolute atomic E-state index is 12.8. The second-order valence-electron chi connectivity index (χ2n) is 4.98. The van der Waals surface area contributed by atoms with Gasteiger partial charge in [-0.25, -0.2) is 0 Å². The third kappa shape index (κ3) is 3.65. The molecule has 23 heavy (non-hydrogen) atoms. The van der Waals surface area contributed by atoms with Crippen LogP contribution in [0, 0.1) is 0 Å². The Hall–Kier alpha value is -2.47. The summed E-state index contributed by atoms with van der Waals surface area (Å²) in [7, 11) is 0. The van der Waals surface area contributed by atoms with E-state index in [2.05, 4.69) is 15.9 Å². The number of benzene rings is 1. The van der Waals surface area contributed by atoms with Gasteiger partial charge in [-0.1, -0.05) is 15.9 Å². The smallest absolute Gasteiger partial charge is 0.258 e. The molecular weight excluding hydrogens is 362 g/mol. The molecule has 0 spiro atoms. The van der Waals surface area contributed by atoms with Crippen molar-refractivity contribution in [3.63, 3.8) is 0 Å². The van der Waals surface area contributed by atoms with Crippen LogP contribution in [0.2, 0.25) is 0 Å². The van der Waals surface area contributed by atoms with Crippen LogP contribution in [0.25, 0.3) is 0 Å². The van der Waals surface area contributed by atoms with Crippen molar-refractivity contribution in [2.45, 2.75) is 13.1 Å². The van der Waals surface area contributed by atoms with E-state index in [-0.39, 0.29) is 30.3 Å². The lowest BCUT2D eigenvalue weighted by Crippen LogP contribution is -2.30. The number of amides is 1. The maximum Gasteiger partial charge on any atom is 0.258 e. The molecule has 0 bridgehead atoms. The molecule has 0 aliphatic rings. The van der Waals surface area contributed by atoms with Crippen LogP contribution in [0.5, 0.6) is 5.75 Å². The van der Waals surface area contributed by atoms with E-state index in [1.165, 1.54) is 6.07 Å². The quantitative estimate of drug-likeness (QED) is 0.726. The molecule has 0 saturated carbocycles. The molecule has 3 rings (SSSR count). The molecule has 6 heteroatoms. The van der Waals surface area contributed by atoms with Crippen molar-refractivity contribution in [1.82, 2.24) is 4.90 Å². The topological polar surface area (TPSA) is 66.8 Å². The van der Waals surface area contributed by atoms with Crippen molar-refractivity contribution in [2.75, 3.05) is 0 Å². The van der Waals surface area contributed by atoms with Gasteiger partial charge in [0.2, 0.25) is 0 Å². The minimum absolute atomic E-state index is 0.0675. The van der Waals surface area contributed by atoms with Crippen LogP contribution in [0.15, 0.2) is 68.3 Å². The van der Waals surface area contributed by atoms with E-state index < -0.39 is 0 Å². The van der Waals surface area contributed by atoms with E-state index in [9.17, 15) is 9.90 Å². The molecule has 2 heterocycles. The van der Waals surface area contributed by atoms with Crippen molar-refractivity contribution in [3.05, 3.63) is 76.5 Å². The van der Waals surface area contributed by atoms with Crippen molar-refractivity contribution in [2.24, 2.45) is 0 Å². The zero-order chi connectivity index (χ0) is 16.2. The summed E-state index contributed by atoms with van der Waals surface area (Å²) in [6.07, 6.45) is 3.11. The number of furan rings is 2. The molecule has 2 aromatic heterocycles. The van der Waals surface area contributed by atoms with Crippen LogP contribution in [-0.2, 0) is 13.1 Å². The first-order valence-corrected chi connectivity index (χ1v) is 7.75. The van der Waals surface area contributed by atoms with Crippen molar-refractivity contribution < 1.29 is 18.7 Å². The number of carbonyl (C=O) groups excluding carboxylic acids is 1. The molecule has 5 nitrogen and oxygen atoms in total. The number of aromatic hydroxyl groups is 1. The maximum atomic E-state index is 12.8. The van der Waals surface area contributed by atoms with Gasteiger partial charge in [0.05, 0.1) is 31.2 Å². The molecule has 1 amide bonds. The molecule has 0 saturated heterocycles. The van der Waals surface area contributed by atoms with Crippen molar-refractivity contribution in [1.29, 1.82) is 0 Å². The molecule has 3 aromatic rings. The Balaban J connectivity index is 1.89. The van der Waals surface area contributed by atoms with Crippen LogP contribution in [0.1, 0.15) is 21.9 Å². The number of phenolic OH excluding ortho intramolecular Hbond substituents is 1. The SMILES string of the molecule is O=C(c1cc(Br)ccc1O)N(Cc1ccco1)Cc1ccco1. The zero-order valence-corrected chi connectivity index (χ0v) is 13.7. The first-order valence-electron chi connectivity index (χ1n) is 6.96. The number of phenols is 1. The molecule has 1 N–H and O–H groups in total. The van der Waals surface area contributed by atoms with E-state index in [1.54, 1.807) is 53.8 Å². The zero-order valence-electron chi connectivity index (χ0n) is 12.1. The lowest BCUT2D eigenvalue weighted by molar-refractivity contribution is 0.0701. The Kier molecular flexibility index (Phi) is 4.52. The Labute approximate surface area is 141 Å². The predicted octanol–water partition coefficient (Wildman–Crippen LogP) is 4.18. The fourth-order valence-electron chi connectivity index (χ4n) is 2.23. The second-order valence-corrected chi connectivity index (χ2v) is 5.90. The van der Waals surface area contributed by atoms with Gasteiger partial charge in [0, 0.05) is 4.47 Å². The fourth-order valence-corrected chi connectivity index (χ4v) is 2.59. The minimum atomic E-state index is -0.309. The molecule has 118 valence electrons. The monoisotopic (exact) mass is 375 g/mol. The standard InChI is InChI=1S/C17H14BrNO4/c18-12-5-6-16(20)15(9-12)17(21)19(10-13-3-1-7-22-13)11-14-4-2-8-23-14/h1-9,20H,10-11H2.